The number of benzene rings is 9. The van der Waals surface area contributed by atoms with E-state index in [-0.39, 0.29) is 22.3 Å². The first kappa shape index (κ1) is 22.0. The highest BCUT2D eigenvalue weighted by molar-refractivity contribution is 6.21. The van der Waals surface area contributed by atoms with E-state index in [1.54, 1.807) is 18.2 Å². The molecule has 0 radical (unpaired) electrons. The molecule has 0 aliphatic heterocycles. The molecule has 0 saturated carbocycles. The summed E-state index contributed by atoms with van der Waals surface area (Å²) in [4.78, 5) is 5.14. The molecule has 0 N–H and O–H groups in total. The third-order valence-corrected chi connectivity index (χ3v) is 9.72. The van der Waals surface area contributed by atoms with Gasteiger partial charge in [-0.2, -0.15) is 0 Å². The third-order valence-electron chi connectivity index (χ3n) is 9.72. The summed E-state index contributed by atoms with van der Waals surface area (Å²) in [5.74, 6) is 0.791. The summed E-state index contributed by atoms with van der Waals surface area (Å²) in [6.07, 6.45) is 0. The standard InChI is InChI=1S/C51H34N2/c1-4-17-35(18-5-1)39-32-40(36-19-6-2-7-20-36)34-41(33-39)50-45-27-12-10-25-43(45)49(44-26-11-13-28-46(44)50)37-21-16-22-38(31-37)51-52-47-29-14-15-30-48(47)53(51)42-23-8-3-9-24-42/h1-34H/i1D,2D,4D,5D,6D,7D,17D,18D,19D,20D. The lowest BCUT2D eigenvalue weighted by atomic mass is 9.84. The van der Waals surface area contributed by atoms with Crippen LogP contribution in [0.2, 0.25) is 0 Å². The van der Waals surface area contributed by atoms with Crippen LogP contribution in [0.5, 0.6) is 0 Å². The SMILES string of the molecule is [2H]c1c([2H])c([2H])c(-c2cc(-c3c([2H])c([2H])c([2H])c([2H])c3[2H])cc(-c3c4ccccc4c(-c4cccc(-c5nc6ccccc6n5-c5ccccc5)c4)c4ccccc34)c2)c([2H])c1[2H]. The summed E-state index contributed by atoms with van der Waals surface area (Å²) in [6.45, 7) is 0. The van der Waals surface area contributed by atoms with Crippen LogP contribution in [-0.4, -0.2) is 9.55 Å². The lowest BCUT2D eigenvalue weighted by Gasteiger charge is -2.19. The van der Waals surface area contributed by atoms with Gasteiger partial charge in [0.25, 0.3) is 0 Å². The molecule has 0 atom stereocenters. The maximum absolute atomic E-state index is 8.93. The summed E-state index contributed by atoms with van der Waals surface area (Å²) >= 11 is 0. The smallest absolute Gasteiger partial charge is 0.145 e. The molecule has 2 heteroatoms. The molecule has 53 heavy (non-hydrogen) atoms. The summed E-state index contributed by atoms with van der Waals surface area (Å²) in [6, 6.07) is 42.8. The van der Waals surface area contributed by atoms with Crippen molar-refractivity contribution in [3.63, 3.8) is 0 Å². The highest BCUT2D eigenvalue weighted by atomic mass is 15.1. The average Bonchev–Trinajstić information content (AvgIpc) is 3.71. The molecule has 0 saturated heterocycles. The molecule has 0 amide bonds. The fourth-order valence-corrected chi connectivity index (χ4v) is 7.47. The molecule has 0 aliphatic carbocycles. The van der Waals surface area contributed by atoms with Crippen LogP contribution in [-0.2, 0) is 0 Å². The van der Waals surface area contributed by atoms with E-state index >= 15 is 0 Å². The quantitative estimate of drug-likeness (QED) is 0.159. The zero-order valence-corrected chi connectivity index (χ0v) is 28.3. The van der Waals surface area contributed by atoms with E-state index in [1.807, 2.05) is 78.9 Å². The molecule has 2 nitrogen and oxygen atoms in total. The number of aromatic nitrogens is 2. The predicted octanol–water partition coefficient (Wildman–Crippen LogP) is 13.7. The van der Waals surface area contributed by atoms with Gasteiger partial charge in [0.2, 0.25) is 0 Å². The number of imidazole rings is 1. The van der Waals surface area contributed by atoms with Crippen molar-refractivity contribution >= 4 is 32.6 Å². The maximum Gasteiger partial charge on any atom is 0.145 e. The van der Waals surface area contributed by atoms with Crippen LogP contribution in [0.25, 0.3) is 94.2 Å². The first-order valence-corrected chi connectivity index (χ1v) is 17.3. The monoisotopic (exact) mass is 684 g/mol. The zero-order chi connectivity index (χ0) is 43.8. The molecule has 0 fully saturated rings. The Hall–Kier alpha value is -7.03. The number of nitrogens with zero attached hydrogens (tertiary/aromatic N) is 2. The Morgan fingerprint density at radius 3 is 1.45 bits per heavy atom. The maximum atomic E-state index is 8.93. The second-order valence-electron chi connectivity index (χ2n) is 12.8. The molecule has 9 aromatic carbocycles. The van der Waals surface area contributed by atoms with Crippen molar-refractivity contribution in [2.75, 3.05) is 0 Å². The van der Waals surface area contributed by atoms with Gasteiger partial charge in [-0.1, -0.05) is 157 Å². The van der Waals surface area contributed by atoms with Gasteiger partial charge in [0.05, 0.1) is 24.7 Å². The van der Waals surface area contributed by atoms with Gasteiger partial charge in [-0.15, -0.1) is 0 Å². The normalized spacial score (nSPS) is 14.0. The van der Waals surface area contributed by atoms with Crippen molar-refractivity contribution in [3.05, 3.63) is 206 Å². The topological polar surface area (TPSA) is 17.8 Å². The summed E-state index contributed by atoms with van der Waals surface area (Å²) in [5.41, 5.74) is 7.33. The first-order valence-electron chi connectivity index (χ1n) is 22.3. The lowest BCUT2D eigenvalue weighted by Crippen LogP contribution is -1.97. The minimum Gasteiger partial charge on any atom is -0.292 e. The van der Waals surface area contributed by atoms with Crippen LogP contribution in [0.1, 0.15) is 13.7 Å². The molecule has 0 bridgehead atoms. The van der Waals surface area contributed by atoms with Gasteiger partial charge < -0.3 is 0 Å². The second kappa shape index (κ2) is 12.9. The number of rotatable bonds is 6. The van der Waals surface area contributed by atoms with E-state index < -0.39 is 60.4 Å². The average molecular weight is 685 g/mol. The highest BCUT2D eigenvalue weighted by Crippen LogP contribution is 2.46. The predicted molar refractivity (Wildman–Crippen MR) is 223 cm³/mol. The Morgan fingerprint density at radius 2 is 0.849 bits per heavy atom. The van der Waals surface area contributed by atoms with E-state index in [1.165, 1.54) is 0 Å². The summed E-state index contributed by atoms with van der Waals surface area (Å²) in [5, 5.41) is 3.52. The molecular weight excluding hydrogens is 641 g/mol. The lowest BCUT2D eigenvalue weighted by molar-refractivity contribution is 1.10. The van der Waals surface area contributed by atoms with E-state index in [0.717, 1.165) is 66.3 Å². The Bertz CT molecular complexity index is 3320. The van der Waals surface area contributed by atoms with Crippen LogP contribution in [0, 0.1) is 0 Å². The van der Waals surface area contributed by atoms with Crippen LogP contribution >= 0.6 is 0 Å². The van der Waals surface area contributed by atoms with E-state index in [0.29, 0.717) is 5.56 Å². The van der Waals surface area contributed by atoms with Gasteiger partial charge in [-0.3, -0.25) is 4.57 Å². The van der Waals surface area contributed by atoms with Crippen LogP contribution < -0.4 is 0 Å². The largest absolute Gasteiger partial charge is 0.292 e. The molecule has 0 aliphatic rings. The Labute approximate surface area is 323 Å². The Morgan fingerprint density at radius 1 is 0.377 bits per heavy atom. The van der Waals surface area contributed by atoms with Gasteiger partial charge in [-0.05, 0) is 115 Å². The van der Waals surface area contributed by atoms with E-state index in [9.17, 15) is 0 Å². The zero-order valence-electron chi connectivity index (χ0n) is 38.3. The van der Waals surface area contributed by atoms with Gasteiger partial charge in [0.15, 0.2) is 0 Å². The number of para-hydroxylation sites is 3. The molecule has 248 valence electrons. The van der Waals surface area contributed by atoms with Crippen molar-refractivity contribution in [2.24, 2.45) is 0 Å². The van der Waals surface area contributed by atoms with Crippen molar-refractivity contribution in [1.29, 1.82) is 0 Å². The van der Waals surface area contributed by atoms with Gasteiger partial charge in [0, 0.05) is 11.3 Å². The summed E-state index contributed by atoms with van der Waals surface area (Å²) in [7, 11) is 0. The van der Waals surface area contributed by atoms with E-state index in [2.05, 4.69) is 53.1 Å². The third kappa shape index (κ3) is 5.40. The summed E-state index contributed by atoms with van der Waals surface area (Å²) < 4.78 is 88.4. The molecule has 0 spiro atoms. The fourth-order valence-electron chi connectivity index (χ4n) is 7.47. The first-order chi connectivity index (χ1) is 30.4. The second-order valence-corrected chi connectivity index (χ2v) is 12.8. The Kier molecular flexibility index (Phi) is 5.38. The van der Waals surface area contributed by atoms with Gasteiger partial charge in [0.1, 0.15) is 5.82 Å². The highest BCUT2D eigenvalue weighted by Gasteiger charge is 2.20. The number of fused-ring (bicyclic) bond motifs is 3. The molecule has 0 unspecified atom stereocenters. The molecule has 1 heterocycles. The van der Waals surface area contributed by atoms with Crippen molar-refractivity contribution < 1.29 is 13.7 Å². The number of hydrogen-bond donors (Lipinski definition) is 0. The Balaban J connectivity index is 1.27. The number of hydrogen-bond acceptors (Lipinski definition) is 1. The molecule has 10 rings (SSSR count). The van der Waals surface area contributed by atoms with Crippen LogP contribution in [0.4, 0.5) is 0 Å². The van der Waals surface area contributed by atoms with Crippen molar-refractivity contribution in [1.82, 2.24) is 9.55 Å². The molecular formula is C51H34N2. The van der Waals surface area contributed by atoms with E-state index in [4.69, 9.17) is 18.7 Å². The fraction of sp³-hybridized carbons (Fsp3) is 0. The van der Waals surface area contributed by atoms with Gasteiger partial charge in [-0.25, -0.2) is 4.98 Å². The molecule has 1 aromatic heterocycles. The van der Waals surface area contributed by atoms with Crippen molar-refractivity contribution in [3.8, 4) is 61.6 Å². The van der Waals surface area contributed by atoms with Crippen molar-refractivity contribution in [2.45, 2.75) is 0 Å². The van der Waals surface area contributed by atoms with Crippen LogP contribution in [0.3, 0.4) is 0 Å². The van der Waals surface area contributed by atoms with Crippen LogP contribution in [0.15, 0.2) is 206 Å². The molecule has 10 aromatic rings. The van der Waals surface area contributed by atoms with Gasteiger partial charge >= 0.3 is 0 Å². The minimum absolute atomic E-state index is 0.0694. The minimum atomic E-state index is -0.537.